The van der Waals surface area contributed by atoms with Crippen LogP contribution in [0.15, 0.2) is 4.99 Å². The van der Waals surface area contributed by atoms with Crippen molar-refractivity contribution < 1.29 is 39.0 Å². The topological polar surface area (TPSA) is 295 Å². The number of nitrogens with one attached hydrogen (secondary N) is 3. The Balaban J connectivity index is 5.18. The van der Waals surface area contributed by atoms with Crippen LogP contribution in [0.5, 0.6) is 0 Å². The van der Waals surface area contributed by atoms with Crippen LogP contribution < -0.4 is 38.9 Å². The first-order valence-electron chi connectivity index (χ1n) is 9.84. The second kappa shape index (κ2) is 15.3. The zero-order chi connectivity index (χ0) is 26.4. The third-order valence-electron chi connectivity index (χ3n) is 4.15. The summed E-state index contributed by atoms with van der Waals surface area (Å²) in [5.74, 6) is -7.31. The van der Waals surface area contributed by atoms with Crippen LogP contribution >= 0.6 is 12.6 Å². The molecule has 0 aliphatic carbocycles. The van der Waals surface area contributed by atoms with Gasteiger partial charge in [0, 0.05) is 12.3 Å². The van der Waals surface area contributed by atoms with E-state index >= 15 is 0 Å². The molecule has 0 aromatic carbocycles. The van der Waals surface area contributed by atoms with Crippen LogP contribution in [-0.2, 0) is 28.8 Å². The molecule has 13 N–H and O–H groups in total. The summed E-state index contributed by atoms with van der Waals surface area (Å²) in [5.41, 5.74) is 21.2. The number of primary amides is 1. The zero-order valence-electron chi connectivity index (χ0n) is 18.1. The average molecular weight is 507 g/mol. The summed E-state index contributed by atoms with van der Waals surface area (Å²) in [6, 6.07) is -5.76. The molecule has 16 nitrogen and oxygen atoms in total. The van der Waals surface area contributed by atoms with E-state index in [2.05, 4.69) is 28.3 Å². The van der Waals surface area contributed by atoms with Crippen molar-refractivity contribution in [1.29, 1.82) is 0 Å². The fourth-order valence-electron chi connectivity index (χ4n) is 2.45. The van der Waals surface area contributed by atoms with E-state index in [1.54, 1.807) is 0 Å². The summed E-state index contributed by atoms with van der Waals surface area (Å²) < 4.78 is 0. The van der Waals surface area contributed by atoms with Crippen LogP contribution in [0.3, 0.4) is 0 Å². The Bertz CT molecular complexity index is 804. The molecule has 0 aliphatic rings. The predicted octanol–water partition coefficient (Wildman–Crippen LogP) is -4.81. The van der Waals surface area contributed by atoms with E-state index in [4.69, 9.17) is 33.1 Å². The van der Waals surface area contributed by atoms with Gasteiger partial charge >= 0.3 is 11.9 Å². The molecule has 4 amide bonds. The van der Waals surface area contributed by atoms with E-state index < -0.39 is 72.6 Å². The second-order valence-corrected chi connectivity index (χ2v) is 7.39. The van der Waals surface area contributed by atoms with Crippen molar-refractivity contribution in [2.45, 2.75) is 49.9 Å². The van der Waals surface area contributed by atoms with E-state index in [1.165, 1.54) is 0 Å². The van der Waals surface area contributed by atoms with Crippen molar-refractivity contribution in [2.24, 2.45) is 27.9 Å². The monoisotopic (exact) mass is 506 g/mol. The largest absolute Gasteiger partial charge is 0.481 e. The lowest BCUT2D eigenvalue weighted by atomic mass is 10.1. The highest BCUT2D eigenvalue weighted by molar-refractivity contribution is 7.80. The smallest absolute Gasteiger partial charge is 0.326 e. The number of hydrogen-bond donors (Lipinski definition) is 10. The summed E-state index contributed by atoms with van der Waals surface area (Å²) in [7, 11) is 0. The Kier molecular flexibility index (Phi) is 13.7. The molecule has 0 saturated carbocycles. The van der Waals surface area contributed by atoms with Crippen molar-refractivity contribution in [3.8, 4) is 0 Å². The highest BCUT2D eigenvalue weighted by Crippen LogP contribution is 2.01. The van der Waals surface area contributed by atoms with Gasteiger partial charge in [-0.3, -0.25) is 29.0 Å². The number of nitrogens with two attached hydrogens (primary N) is 4. The van der Waals surface area contributed by atoms with E-state index in [0.29, 0.717) is 6.42 Å². The van der Waals surface area contributed by atoms with Gasteiger partial charge in [0.1, 0.15) is 18.1 Å². The lowest BCUT2D eigenvalue weighted by molar-refractivity contribution is -0.147. The maximum absolute atomic E-state index is 12.6. The fraction of sp³-hybridized carbons (Fsp3) is 0.588. The molecule has 34 heavy (non-hydrogen) atoms. The number of aliphatic carboxylic acids is 2. The Labute approximate surface area is 199 Å². The molecule has 4 atom stereocenters. The van der Waals surface area contributed by atoms with Crippen LogP contribution in [0.4, 0.5) is 0 Å². The van der Waals surface area contributed by atoms with E-state index in [0.717, 1.165) is 0 Å². The third kappa shape index (κ3) is 12.4. The molecule has 17 heteroatoms. The van der Waals surface area contributed by atoms with Gasteiger partial charge in [0.15, 0.2) is 5.96 Å². The summed E-state index contributed by atoms with van der Waals surface area (Å²) in [6.07, 6.45) is -1.11. The number of carbonyl (C=O) groups excluding carboxylic acids is 4. The van der Waals surface area contributed by atoms with Gasteiger partial charge in [-0.25, -0.2) is 4.79 Å². The number of amides is 4. The van der Waals surface area contributed by atoms with Gasteiger partial charge in [-0.05, 0) is 12.8 Å². The highest BCUT2D eigenvalue weighted by Gasteiger charge is 2.31. The Morgan fingerprint density at radius 3 is 1.82 bits per heavy atom. The number of aliphatic imine (C=N–C) groups is 1. The van der Waals surface area contributed by atoms with Crippen molar-refractivity contribution >= 4 is 54.2 Å². The maximum Gasteiger partial charge on any atom is 0.326 e. The van der Waals surface area contributed by atoms with Crippen LogP contribution in [0.2, 0.25) is 0 Å². The molecule has 0 saturated heterocycles. The lowest BCUT2D eigenvalue weighted by Gasteiger charge is -2.23. The number of carbonyl (C=O) groups is 6. The van der Waals surface area contributed by atoms with Crippen LogP contribution in [0.25, 0.3) is 0 Å². The van der Waals surface area contributed by atoms with Gasteiger partial charge in [-0.2, -0.15) is 12.6 Å². The molecule has 4 unspecified atom stereocenters. The molecule has 0 rings (SSSR count). The predicted molar refractivity (Wildman–Crippen MR) is 121 cm³/mol. The first kappa shape index (κ1) is 30.4. The Morgan fingerprint density at radius 2 is 1.35 bits per heavy atom. The summed E-state index contributed by atoms with van der Waals surface area (Å²) in [4.78, 5) is 74.2. The molecule has 0 radical (unpaired) electrons. The quantitative estimate of drug-likeness (QED) is 0.0410. The molecule has 0 spiro atoms. The normalized spacial score (nSPS) is 13.9. The van der Waals surface area contributed by atoms with Gasteiger partial charge in [0.2, 0.25) is 23.6 Å². The standard InChI is InChI=1S/C17H30N8O8S/c18-7(2-1-3-22-17(20)21)13(29)25-10(6-34)15(31)23-8(4-11(19)26)14(30)24-9(16(32)33)5-12(27)28/h7-10,34H,1-6,18H2,(H2,19,26)(H,23,31)(H,24,30)(H,25,29)(H,27,28)(H,32,33)(H4,20,21,22). The van der Waals surface area contributed by atoms with Crippen LogP contribution in [0.1, 0.15) is 25.7 Å². The highest BCUT2D eigenvalue weighted by atomic mass is 32.1. The number of guanidine groups is 1. The van der Waals surface area contributed by atoms with Crippen molar-refractivity contribution in [2.75, 3.05) is 12.3 Å². The van der Waals surface area contributed by atoms with E-state index in [1.807, 2.05) is 5.32 Å². The van der Waals surface area contributed by atoms with Gasteiger partial charge in [0.05, 0.1) is 18.9 Å². The molecule has 0 aromatic rings. The van der Waals surface area contributed by atoms with Crippen LogP contribution in [0, 0.1) is 0 Å². The Hall–Kier alpha value is -3.60. The fourth-order valence-corrected chi connectivity index (χ4v) is 2.71. The minimum Gasteiger partial charge on any atom is -0.481 e. The summed E-state index contributed by atoms with van der Waals surface area (Å²) in [5, 5.41) is 24.2. The van der Waals surface area contributed by atoms with Crippen molar-refractivity contribution in [3.63, 3.8) is 0 Å². The first-order valence-corrected chi connectivity index (χ1v) is 10.5. The van der Waals surface area contributed by atoms with Gasteiger partial charge < -0.3 is 49.1 Å². The summed E-state index contributed by atoms with van der Waals surface area (Å²) >= 11 is 3.97. The van der Waals surface area contributed by atoms with Crippen LogP contribution in [-0.4, -0.2) is 88.2 Å². The molecular formula is C17H30N8O8S. The van der Waals surface area contributed by atoms with Gasteiger partial charge in [-0.15, -0.1) is 0 Å². The number of thiol groups is 1. The minimum atomic E-state index is -1.82. The van der Waals surface area contributed by atoms with Crippen molar-refractivity contribution in [3.05, 3.63) is 0 Å². The molecule has 0 aromatic heterocycles. The number of rotatable bonds is 16. The molecular weight excluding hydrogens is 476 g/mol. The average Bonchev–Trinajstić information content (AvgIpc) is 2.72. The second-order valence-electron chi connectivity index (χ2n) is 7.03. The number of nitrogens with zero attached hydrogens (tertiary/aromatic N) is 1. The number of hydrogen-bond acceptors (Lipinski definition) is 9. The molecule has 192 valence electrons. The van der Waals surface area contributed by atoms with E-state index in [-0.39, 0.29) is 24.7 Å². The third-order valence-corrected chi connectivity index (χ3v) is 4.52. The zero-order valence-corrected chi connectivity index (χ0v) is 19.0. The van der Waals surface area contributed by atoms with E-state index in [9.17, 15) is 28.8 Å². The maximum atomic E-state index is 12.6. The molecule has 0 heterocycles. The summed E-state index contributed by atoms with van der Waals surface area (Å²) in [6.45, 7) is 0.239. The SMILES string of the molecule is NC(=O)CC(NC(=O)C(CS)NC(=O)C(N)CCCN=C(N)N)C(=O)NC(CC(=O)O)C(=O)O. The molecule has 0 bridgehead atoms. The Morgan fingerprint density at radius 1 is 0.824 bits per heavy atom. The molecule has 0 fully saturated rings. The first-order chi connectivity index (χ1) is 15.8. The van der Waals surface area contributed by atoms with Crippen molar-refractivity contribution in [1.82, 2.24) is 16.0 Å². The lowest BCUT2D eigenvalue weighted by Crippen LogP contribution is -2.58. The minimum absolute atomic E-state index is 0.114. The molecule has 0 aliphatic heterocycles. The van der Waals surface area contributed by atoms with Gasteiger partial charge in [-0.1, -0.05) is 0 Å². The number of carboxylic acid groups (broad SMARTS) is 2. The number of carboxylic acids is 2. The van der Waals surface area contributed by atoms with Gasteiger partial charge in [0.25, 0.3) is 0 Å².